The lowest BCUT2D eigenvalue weighted by molar-refractivity contribution is 0.213. The third kappa shape index (κ3) is 1.61. The number of likely N-dealkylation sites (N-methyl/N-ethyl adjacent to an activating group) is 1. The molecule has 0 radical (unpaired) electrons. The largest absolute Gasteiger partial charge is 0.353 e. The first-order chi connectivity index (χ1) is 7.88. The van der Waals surface area contributed by atoms with E-state index in [0.29, 0.717) is 5.92 Å². The molecule has 16 heavy (non-hydrogen) atoms. The lowest BCUT2D eigenvalue weighted by atomic mass is 9.92. The van der Waals surface area contributed by atoms with E-state index in [0.717, 1.165) is 31.9 Å². The number of likely N-dealkylation sites (tertiary alicyclic amines) is 1. The van der Waals surface area contributed by atoms with E-state index < -0.39 is 0 Å². The predicted octanol–water partition coefficient (Wildman–Crippen LogP) is 1.84. The van der Waals surface area contributed by atoms with Crippen LogP contribution in [0.1, 0.15) is 36.9 Å². The molecule has 88 valence electrons. The molecule has 3 heterocycles. The predicted molar refractivity (Wildman–Crippen MR) is 62.8 cm³/mol. The van der Waals surface area contributed by atoms with Gasteiger partial charge in [0.1, 0.15) is 0 Å². The van der Waals surface area contributed by atoms with Gasteiger partial charge in [0.2, 0.25) is 5.88 Å². The van der Waals surface area contributed by atoms with Crippen molar-refractivity contribution in [2.75, 3.05) is 31.5 Å². The summed E-state index contributed by atoms with van der Waals surface area (Å²) in [4.78, 5) is 2.51. The van der Waals surface area contributed by atoms with Gasteiger partial charge in [0.15, 0.2) is 0 Å². The van der Waals surface area contributed by atoms with E-state index in [9.17, 15) is 0 Å². The van der Waals surface area contributed by atoms with Gasteiger partial charge >= 0.3 is 0 Å². The normalized spacial score (nSPS) is 25.4. The van der Waals surface area contributed by atoms with E-state index in [-0.39, 0.29) is 0 Å². The number of piperidine rings is 1. The minimum Gasteiger partial charge on any atom is -0.353 e. The Kier molecular flexibility index (Phi) is 2.59. The molecule has 0 amide bonds. The van der Waals surface area contributed by atoms with Gasteiger partial charge in [0, 0.05) is 24.6 Å². The van der Waals surface area contributed by atoms with E-state index in [1.54, 1.807) is 0 Å². The molecule has 1 unspecified atom stereocenters. The molecule has 4 nitrogen and oxygen atoms in total. The summed E-state index contributed by atoms with van der Waals surface area (Å²) >= 11 is 0. The third-order valence-electron chi connectivity index (χ3n) is 3.82. The van der Waals surface area contributed by atoms with Crippen LogP contribution < -0.4 is 5.32 Å². The Balaban J connectivity index is 1.81. The highest BCUT2D eigenvalue weighted by Crippen LogP contribution is 2.34. The second kappa shape index (κ2) is 4.09. The standard InChI is InChI=1S/C12H19N3O/c1-2-15-7-3-4-9(8-15)11-10-5-6-13-12(10)16-14-11/h9,13H,2-8H2,1H3. The molecule has 0 saturated carbocycles. The molecule has 0 aliphatic carbocycles. The van der Waals surface area contributed by atoms with Crippen molar-refractivity contribution in [1.29, 1.82) is 0 Å². The Bertz CT molecular complexity index is 374. The Hall–Kier alpha value is -1.03. The van der Waals surface area contributed by atoms with Crippen molar-refractivity contribution in [1.82, 2.24) is 10.1 Å². The molecule has 1 aromatic rings. The van der Waals surface area contributed by atoms with Crippen LogP contribution in [-0.2, 0) is 6.42 Å². The highest BCUT2D eigenvalue weighted by molar-refractivity contribution is 5.49. The summed E-state index contributed by atoms with van der Waals surface area (Å²) in [5.74, 6) is 1.50. The van der Waals surface area contributed by atoms with Crippen LogP contribution >= 0.6 is 0 Å². The zero-order valence-electron chi connectivity index (χ0n) is 9.83. The molecular formula is C12H19N3O. The fraction of sp³-hybridized carbons (Fsp3) is 0.750. The first-order valence-corrected chi connectivity index (χ1v) is 6.33. The maximum atomic E-state index is 5.35. The molecule has 2 aliphatic heterocycles. The van der Waals surface area contributed by atoms with Crippen LogP contribution in [0.15, 0.2) is 4.52 Å². The summed E-state index contributed by atoms with van der Waals surface area (Å²) in [6.45, 7) is 6.78. The van der Waals surface area contributed by atoms with Gasteiger partial charge in [-0.15, -0.1) is 0 Å². The maximum Gasteiger partial charge on any atom is 0.228 e. The lowest BCUT2D eigenvalue weighted by Gasteiger charge is -2.30. The first kappa shape index (κ1) is 10.1. The van der Waals surface area contributed by atoms with Crippen molar-refractivity contribution in [3.05, 3.63) is 11.3 Å². The van der Waals surface area contributed by atoms with Gasteiger partial charge in [-0.25, -0.2) is 0 Å². The van der Waals surface area contributed by atoms with Crippen molar-refractivity contribution in [3.8, 4) is 0 Å². The van der Waals surface area contributed by atoms with Gasteiger partial charge in [0.25, 0.3) is 0 Å². The lowest BCUT2D eigenvalue weighted by Crippen LogP contribution is -2.34. The fourth-order valence-electron chi connectivity index (χ4n) is 2.89. The number of nitrogens with one attached hydrogen (secondary N) is 1. The van der Waals surface area contributed by atoms with E-state index >= 15 is 0 Å². The van der Waals surface area contributed by atoms with E-state index in [2.05, 4.69) is 22.3 Å². The van der Waals surface area contributed by atoms with Crippen LogP contribution in [0, 0.1) is 0 Å². The average Bonchev–Trinajstić information content (AvgIpc) is 2.90. The molecule has 0 bridgehead atoms. The van der Waals surface area contributed by atoms with Crippen LogP contribution in [0.5, 0.6) is 0 Å². The quantitative estimate of drug-likeness (QED) is 0.827. The Morgan fingerprint density at radius 1 is 1.56 bits per heavy atom. The molecule has 0 aromatic carbocycles. The fourth-order valence-corrected chi connectivity index (χ4v) is 2.89. The molecule has 1 aromatic heterocycles. The van der Waals surface area contributed by atoms with E-state index in [4.69, 9.17) is 4.52 Å². The topological polar surface area (TPSA) is 41.3 Å². The van der Waals surface area contributed by atoms with Crippen LogP contribution in [0.25, 0.3) is 0 Å². The summed E-state index contributed by atoms with van der Waals surface area (Å²) in [6.07, 6.45) is 3.62. The van der Waals surface area contributed by atoms with Crippen molar-refractivity contribution in [2.24, 2.45) is 0 Å². The van der Waals surface area contributed by atoms with Gasteiger partial charge in [-0.2, -0.15) is 0 Å². The molecular weight excluding hydrogens is 202 g/mol. The molecule has 1 atom stereocenters. The Morgan fingerprint density at radius 3 is 3.38 bits per heavy atom. The van der Waals surface area contributed by atoms with Crippen molar-refractivity contribution >= 4 is 5.88 Å². The number of rotatable bonds is 2. The van der Waals surface area contributed by atoms with E-state index in [1.165, 1.54) is 30.6 Å². The minimum absolute atomic E-state index is 0.584. The number of aromatic nitrogens is 1. The van der Waals surface area contributed by atoms with Crippen LogP contribution in [0.3, 0.4) is 0 Å². The number of hydrogen-bond acceptors (Lipinski definition) is 4. The zero-order valence-corrected chi connectivity index (χ0v) is 9.83. The van der Waals surface area contributed by atoms with Crippen molar-refractivity contribution in [2.45, 2.75) is 32.1 Å². The summed E-state index contributed by atoms with van der Waals surface area (Å²) in [5, 5.41) is 7.51. The Labute approximate surface area is 96.0 Å². The Morgan fingerprint density at radius 2 is 2.50 bits per heavy atom. The summed E-state index contributed by atoms with van der Waals surface area (Å²) in [5.41, 5.74) is 2.56. The van der Waals surface area contributed by atoms with Crippen LogP contribution in [0.2, 0.25) is 0 Å². The summed E-state index contributed by atoms with van der Waals surface area (Å²) in [6, 6.07) is 0. The summed E-state index contributed by atoms with van der Waals surface area (Å²) < 4.78 is 5.35. The number of fused-ring (bicyclic) bond motifs is 1. The van der Waals surface area contributed by atoms with Gasteiger partial charge < -0.3 is 14.7 Å². The molecule has 1 N–H and O–H groups in total. The smallest absolute Gasteiger partial charge is 0.228 e. The number of nitrogens with zero attached hydrogens (tertiary/aromatic N) is 2. The van der Waals surface area contributed by atoms with Gasteiger partial charge in [-0.1, -0.05) is 12.1 Å². The zero-order chi connectivity index (χ0) is 11.0. The van der Waals surface area contributed by atoms with Gasteiger partial charge in [-0.05, 0) is 32.4 Å². The average molecular weight is 221 g/mol. The first-order valence-electron chi connectivity index (χ1n) is 6.33. The highest BCUT2D eigenvalue weighted by atomic mass is 16.5. The third-order valence-corrected chi connectivity index (χ3v) is 3.82. The van der Waals surface area contributed by atoms with E-state index in [1.807, 2.05) is 0 Å². The van der Waals surface area contributed by atoms with Crippen molar-refractivity contribution in [3.63, 3.8) is 0 Å². The van der Waals surface area contributed by atoms with Crippen LogP contribution in [-0.4, -0.2) is 36.2 Å². The van der Waals surface area contributed by atoms with Crippen molar-refractivity contribution < 1.29 is 4.52 Å². The second-order valence-electron chi connectivity index (χ2n) is 4.78. The molecule has 2 aliphatic rings. The number of anilines is 1. The summed E-state index contributed by atoms with van der Waals surface area (Å²) in [7, 11) is 0. The number of hydrogen-bond donors (Lipinski definition) is 1. The molecule has 4 heteroatoms. The molecule has 1 saturated heterocycles. The van der Waals surface area contributed by atoms with Gasteiger partial charge in [0.05, 0.1) is 5.69 Å². The second-order valence-corrected chi connectivity index (χ2v) is 4.78. The SMILES string of the molecule is CCN1CCCC(c2noc3c2CCN3)C1. The molecule has 0 spiro atoms. The minimum atomic E-state index is 0.584. The monoisotopic (exact) mass is 221 g/mol. The molecule has 3 rings (SSSR count). The molecule has 1 fully saturated rings. The van der Waals surface area contributed by atoms with Crippen LogP contribution in [0.4, 0.5) is 5.88 Å². The highest BCUT2D eigenvalue weighted by Gasteiger charge is 2.29. The maximum absolute atomic E-state index is 5.35. The van der Waals surface area contributed by atoms with Gasteiger partial charge in [-0.3, -0.25) is 0 Å².